The van der Waals surface area contributed by atoms with Crippen molar-refractivity contribution in [1.29, 1.82) is 0 Å². The Balaban J connectivity index is 0.000000291. The zero-order chi connectivity index (χ0) is 21.7. The summed E-state index contributed by atoms with van der Waals surface area (Å²) >= 11 is 0. The standard InChI is InChI=1S/C15H28.C14H22.CH4/c1-12-3-7-14(8-4-12)11-15-9-5-13(2)6-10-15;1-13(2,3)11-8-7-9-12(10-11)14(4,5)6;/h12-15H,3-11H2,1-2H3;7-10H,1-6H3;1H4. The maximum Gasteiger partial charge on any atom is -0.0132 e. The van der Waals surface area contributed by atoms with Gasteiger partial charge >= 0.3 is 0 Å². The molecule has 2 aliphatic rings. The van der Waals surface area contributed by atoms with Gasteiger partial charge in [0, 0.05) is 0 Å². The van der Waals surface area contributed by atoms with Crippen LogP contribution in [0.3, 0.4) is 0 Å². The van der Waals surface area contributed by atoms with Gasteiger partial charge in [0.2, 0.25) is 0 Å². The van der Waals surface area contributed by atoms with Gasteiger partial charge in [-0.3, -0.25) is 0 Å². The third-order valence-corrected chi connectivity index (χ3v) is 7.53. The zero-order valence-corrected chi connectivity index (χ0v) is 21.0. The maximum absolute atomic E-state index is 2.43. The molecule has 0 amide bonds. The largest absolute Gasteiger partial charge is 0.0776 e. The Morgan fingerprint density at radius 1 is 0.633 bits per heavy atom. The average molecular weight is 415 g/mol. The summed E-state index contributed by atoms with van der Waals surface area (Å²) in [5.74, 6) is 4.24. The minimum Gasteiger partial charge on any atom is -0.0776 e. The second-order valence-corrected chi connectivity index (χ2v) is 12.6. The summed E-state index contributed by atoms with van der Waals surface area (Å²) < 4.78 is 0. The smallest absolute Gasteiger partial charge is 0.0132 e. The first-order valence-electron chi connectivity index (χ1n) is 12.6. The summed E-state index contributed by atoms with van der Waals surface area (Å²) in [6.45, 7) is 18.4. The fraction of sp³-hybridized carbons (Fsp3) is 0.800. The van der Waals surface area contributed by atoms with Crippen molar-refractivity contribution in [2.24, 2.45) is 23.7 Å². The molecule has 0 heteroatoms. The number of hydrogen-bond donors (Lipinski definition) is 0. The van der Waals surface area contributed by atoms with Crippen LogP contribution in [-0.4, -0.2) is 0 Å². The summed E-state index contributed by atoms with van der Waals surface area (Å²) in [5.41, 5.74) is 3.34. The molecule has 0 bridgehead atoms. The fourth-order valence-electron chi connectivity index (χ4n) is 5.05. The van der Waals surface area contributed by atoms with Crippen LogP contribution >= 0.6 is 0 Å². The Labute approximate surface area is 190 Å². The lowest BCUT2D eigenvalue weighted by atomic mass is 9.74. The lowest BCUT2D eigenvalue weighted by molar-refractivity contribution is 0.201. The van der Waals surface area contributed by atoms with Crippen LogP contribution < -0.4 is 0 Å². The van der Waals surface area contributed by atoms with Gasteiger partial charge in [-0.25, -0.2) is 0 Å². The molecule has 0 N–H and O–H groups in total. The van der Waals surface area contributed by atoms with Crippen LogP contribution in [0.4, 0.5) is 0 Å². The molecule has 0 unspecified atom stereocenters. The van der Waals surface area contributed by atoms with Gasteiger partial charge in [0.05, 0.1) is 0 Å². The van der Waals surface area contributed by atoms with E-state index >= 15 is 0 Å². The van der Waals surface area contributed by atoms with Crippen molar-refractivity contribution in [3.8, 4) is 0 Å². The topological polar surface area (TPSA) is 0 Å². The molecule has 2 aliphatic carbocycles. The van der Waals surface area contributed by atoms with Gasteiger partial charge in [0.1, 0.15) is 0 Å². The first-order chi connectivity index (χ1) is 13.4. The van der Waals surface area contributed by atoms with Crippen molar-refractivity contribution in [3.05, 3.63) is 35.4 Å². The number of benzene rings is 1. The lowest BCUT2D eigenvalue weighted by Crippen LogP contribution is -2.19. The Kier molecular flexibility index (Phi) is 10.7. The molecule has 30 heavy (non-hydrogen) atoms. The Morgan fingerprint density at radius 3 is 1.27 bits per heavy atom. The molecule has 0 spiro atoms. The highest BCUT2D eigenvalue weighted by Gasteiger charge is 2.24. The quantitative estimate of drug-likeness (QED) is 0.451. The van der Waals surface area contributed by atoms with E-state index < -0.39 is 0 Å². The van der Waals surface area contributed by atoms with E-state index in [-0.39, 0.29) is 18.3 Å². The molecular formula is C30H54. The van der Waals surface area contributed by atoms with E-state index in [4.69, 9.17) is 0 Å². The Hall–Kier alpha value is -0.780. The van der Waals surface area contributed by atoms with Crippen LogP contribution in [0.2, 0.25) is 0 Å². The Bertz CT molecular complexity index is 532. The normalized spacial score (nSPS) is 27.5. The van der Waals surface area contributed by atoms with Crippen LogP contribution in [0.1, 0.15) is 132 Å². The molecule has 2 fully saturated rings. The molecule has 0 aliphatic heterocycles. The zero-order valence-electron chi connectivity index (χ0n) is 21.0. The van der Waals surface area contributed by atoms with E-state index in [0.717, 1.165) is 23.7 Å². The van der Waals surface area contributed by atoms with Gasteiger partial charge < -0.3 is 0 Å². The third-order valence-electron chi connectivity index (χ3n) is 7.53. The number of hydrogen-bond acceptors (Lipinski definition) is 0. The van der Waals surface area contributed by atoms with Crippen molar-refractivity contribution < 1.29 is 0 Å². The molecule has 0 nitrogen and oxygen atoms in total. The highest BCUT2D eigenvalue weighted by atomic mass is 14.3. The predicted molar refractivity (Wildman–Crippen MR) is 137 cm³/mol. The van der Waals surface area contributed by atoms with E-state index in [1.54, 1.807) is 6.42 Å². The maximum atomic E-state index is 2.43. The molecule has 0 aromatic heterocycles. The van der Waals surface area contributed by atoms with Gasteiger partial charge in [0.25, 0.3) is 0 Å². The molecule has 1 aromatic carbocycles. The van der Waals surface area contributed by atoms with Crippen molar-refractivity contribution >= 4 is 0 Å². The molecule has 0 atom stereocenters. The van der Waals surface area contributed by atoms with Crippen LogP contribution in [0.25, 0.3) is 0 Å². The van der Waals surface area contributed by atoms with Crippen molar-refractivity contribution in [1.82, 2.24) is 0 Å². The lowest BCUT2D eigenvalue weighted by Gasteiger charge is -2.32. The summed E-state index contributed by atoms with van der Waals surface area (Å²) in [7, 11) is 0. The SMILES string of the molecule is C.CC(C)(C)c1cccc(C(C)(C)C)c1.CC1CCC(CC2CCC(C)CC2)CC1. The molecule has 0 saturated heterocycles. The average Bonchev–Trinajstić information content (AvgIpc) is 2.65. The molecular weight excluding hydrogens is 360 g/mol. The van der Waals surface area contributed by atoms with Gasteiger partial charge in [-0.05, 0) is 52.0 Å². The van der Waals surface area contributed by atoms with Crippen molar-refractivity contribution in [3.63, 3.8) is 0 Å². The second kappa shape index (κ2) is 11.7. The Morgan fingerprint density at radius 2 is 0.967 bits per heavy atom. The van der Waals surface area contributed by atoms with E-state index in [0.29, 0.717) is 0 Å². The molecule has 174 valence electrons. The van der Waals surface area contributed by atoms with E-state index in [2.05, 4.69) is 79.7 Å². The van der Waals surface area contributed by atoms with Gasteiger partial charge in [-0.1, -0.05) is 138 Å². The monoisotopic (exact) mass is 414 g/mol. The third kappa shape index (κ3) is 9.15. The highest BCUT2D eigenvalue weighted by Crippen LogP contribution is 2.38. The van der Waals surface area contributed by atoms with E-state index in [9.17, 15) is 0 Å². The summed E-state index contributed by atoms with van der Waals surface area (Å²) in [6.07, 6.45) is 13.7. The summed E-state index contributed by atoms with van der Waals surface area (Å²) in [5, 5.41) is 0. The van der Waals surface area contributed by atoms with Gasteiger partial charge in [-0.15, -0.1) is 0 Å². The molecule has 0 radical (unpaired) electrons. The number of rotatable bonds is 2. The highest BCUT2D eigenvalue weighted by molar-refractivity contribution is 5.32. The first-order valence-corrected chi connectivity index (χ1v) is 12.6. The molecule has 1 aromatic rings. The second-order valence-electron chi connectivity index (χ2n) is 12.6. The molecule has 3 rings (SSSR count). The van der Waals surface area contributed by atoms with E-state index in [1.165, 1.54) is 62.5 Å². The van der Waals surface area contributed by atoms with Crippen LogP contribution in [0.15, 0.2) is 24.3 Å². The van der Waals surface area contributed by atoms with E-state index in [1.807, 2.05) is 0 Å². The summed E-state index contributed by atoms with van der Waals surface area (Å²) in [4.78, 5) is 0. The van der Waals surface area contributed by atoms with Gasteiger partial charge in [0.15, 0.2) is 0 Å². The van der Waals surface area contributed by atoms with Crippen LogP contribution in [0.5, 0.6) is 0 Å². The van der Waals surface area contributed by atoms with Gasteiger partial charge in [-0.2, -0.15) is 0 Å². The predicted octanol–water partition coefficient (Wildman–Crippen LogP) is 9.95. The van der Waals surface area contributed by atoms with Crippen LogP contribution in [0, 0.1) is 23.7 Å². The van der Waals surface area contributed by atoms with Crippen molar-refractivity contribution in [2.45, 2.75) is 131 Å². The first kappa shape index (κ1) is 27.3. The van der Waals surface area contributed by atoms with Crippen LogP contribution in [-0.2, 0) is 10.8 Å². The minimum absolute atomic E-state index is 0. The molecule has 2 saturated carbocycles. The fourth-order valence-corrected chi connectivity index (χ4v) is 5.05. The summed E-state index contributed by atoms with van der Waals surface area (Å²) in [6, 6.07) is 8.94. The molecule has 0 heterocycles. The minimum atomic E-state index is 0. The van der Waals surface area contributed by atoms with Crippen molar-refractivity contribution in [2.75, 3.05) is 0 Å².